The number of carbonyl (C=O) groups is 1. The fourth-order valence-corrected chi connectivity index (χ4v) is 3.98. The summed E-state index contributed by atoms with van der Waals surface area (Å²) >= 11 is 12.4. The van der Waals surface area contributed by atoms with Crippen LogP contribution in [0, 0.1) is 0 Å². The summed E-state index contributed by atoms with van der Waals surface area (Å²) in [7, 11) is 0. The lowest BCUT2D eigenvalue weighted by molar-refractivity contribution is -0.127. The lowest BCUT2D eigenvalue weighted by atomic mass is 10.0. The van der Waals surface area contributed by atoms with E-state index in [2.05, 4.69) is 16.8 Å². The highest BCUT2D eigenvalue weighted by Crippen LogP contribution is 2.35. The molecular formula is C23H20Cl2N2O. The molecule has 0 N–H and O–H groups in total. The minimum Gasteiger partial charge on any atom is -0.349 e. The van der Waals surface area contributed by atoms with Crippen molar-refractivity contribution in [1.82, 2.24) is 9.47 Å². The van der Waals surface area contributed by atoms with Crippen molar-refractivity contribution < 1.29 is 4.79 Å². The second kappa shape index (κ2) is 8.26. The highest BCUT2D eigenvalue weighted by Gasteiger charge is 2.30. The topological polar surface area (TPSA) is 25.2 Å². The van der Waals surface area contributed by atoms with Gasteiger partial charge in [0.1, 0.15) is 0 Å². The minimum atomic E-state index is -0.208. The lowest BCUT2D eigenvalue weighted by Crippen LogP contribution is -2.34. The zero-order chi connectivity index (χ0) is 19.5. The Morgan fingerprint density at radius 1 is 0.964 bits per heavy atom. The number of halogens is 2. The Labute approximate surface area is 174 Å². The average Bonchev–Trinajstić information content (AvgIpc) is 3.09. The first-order valence-corrected chi connectivity index (χ1v) is 10.0. The number of nitrogens with zero attached hydrogens (tertiary/aromatic N) is 2. The van der Waals surface area contributed by atoms with E-state index in [1.54, 1.807) is 12.1 Å². The van der Waals surface area contributed by atoms with E-state index in [-0.39, 0.29) is 11.9 Å². The Balaban J connectivity index is 1.72. The zero-order valence-corrected chi connectivity index (χ0v) is 16.8. The molecule has 1 amide bonds. The number of rotatable bonds is 3. The number of fused-ring (bicyclic) bond motifs is 1. The highest BCUT2D eigenvalue weighted by molar-refractivity contribution is 6.42. The van der Waals surface area contributed by atoms with Crippen LogP contribution in [0.4, 0.5) is 0 Å². The van der Waals surface area contributed by atoms with Gasteiger partial charge in [-0.1, -0.05) is 59.6 Å². The molecule has 0 saturated carbocycles. The Bertz CT molecular complexity index is 1010. The summed E-state index contributed by atoms with van der Waals surface area (Å²) in [4.78, 5) is 15.1. The van der Waals surface area contributed by atoms with Gasteiger partial charge in [-0.05, 0) is 47.9 Å². The van der Waals surface area contributed by atoms with Gasteiger partial charge in [-0.3, -0.25) is 4.79 Å². The first-order chi connectivity index (χ1) is 13.6. The molecule has 1 aliphatic rings. The second-order valence-electron chi connectivity index (χ2n) is 6.83. The molecule has 0 saturated heterocycles. The number of hydrogen-bond acceptors (Lipinski definition) is 1. The molecule has 3 nitrogen and oxygen atoms in total. The standard InChI is InChI=1S/C23H20Cl2N2O/c24-19-11-10-18(16-20(19)25)23-21-8-4-13-26(21)14-5-15-27(23)22(28)12-9-17-6-2-1-3-7-17/h1-4,6-13,16,23H,5,14-15H2/b12-9+. The number of amides is 1. The van der Waals surface area contributed by atoms with Crippen molar-refractivity contribution in [2.45, 2.75) is 19.0 Å². The fraction of sp³-hybridized carbons (Fsp3) is 0.174. The molecule has 1 aromatic heterocycles. The number of benzene rings is 2. The predicted molar refractivity (Wildman–Crippen MR) is 115 cm³/mol. The van der Waals surface area contributed by atoms with Crippen LogP contribution in [-0.2, 0) is 11.3 Å². The summed E-state index contributed by atoms with van der Waals surface area (Å²) in [5, 5.41) is 1.00. The van der Waals surface area contributed by atoms with Gasteiger partial charge in [-0.25, -0.2) is 0 Å². The minimum absolute atomic E-state index is 0.0189. The van der Waals surface area contributed by atoms with E-state index >= 15 is 0 Å². The van der Waals surface area contributed by atoms with Crippen molar-refractivity contribution in [1.29, 1.82) is 0 Å². The first-order valence-electron chi connectivity index (χ1n) is 9.27. The molecule has 0 fully saturated rings. The van der Waals surface area contributed by atoms with Gasteiger partial charge < -0.3 is 9.47 Å². The van der Waals surface area contributed by atoms with Gasteiger partial charge in [0.25, 0.3) is 0 Å². The number of aryl methyl sites for hydroxylation is 1. The third-order valence-corrected chi connectivity index (χ3v) is 5.75. The van der Waals surface area contributed by atoms with Crippen LogP contribution in [0.2, 0.25) is 10.0 Å². The van der Waals surface area contributed by atoms with Crippen molar-refractivity contribution in [3.8, 4) is 0 Å². The smallest absolute Gasteiger partial charge is 0.247 e. The molecule has 5 heteroatoms. The quantitative estimate of drug-likeness (QED) is 0.498. The van der Waals surface area contributed by atoms with Crippen molar-refractivity contribution in [3.63, 3.8) is 0 Å². The molecule has 3 aromatic rings. The van der Waals surface area contributed by atoms with E-state index in [1.165, 1.54) is 0 Å². The van der Waals surface area contributed by atoms with E-state index in [1.807, 2.05) is 59.5 Å². The molecule has 1 aliphatic heterocycles. The summed E-state index contributed by atoms with van der Waals surface area (Å²) in [5.41, 5.74) is 3.04. The highest BCUT2D eigenvalue weighted by atomic mass is 35.5. The maximum absolute atomic E-state index is 13.2. The molecule has 2 heterocycles. The Hall–Kier alpha value is -2.49. The van der Waals surface area contributed by atoms with Crippen LogP contribution < -0.4 is 0 Å². The van der Waals surface area contributed by atoms with Gasteiger partial charge in [0.15, 0.2) is 0 Å². The molecule has 142 valence electrons. The van der Waals surface area contributed by atoms with Crippen LogP contribution in [0.15, 0.2) is 72.9 Å². The zero-order valence-electron chi connectivity index (χ0n) is 15.3. The van der Waals surface area contributed by atoms with Crippen molar-refractivity contribution >= 4 is 35.2 Å². The summed E-state index contributed by atoms with van der Waals surface area (Å²) < 4.78 is 2.21. The van der Waals surface area contributed by atoms with Crippen LogP contribution in [0.3, 0.4) is 0 Å². The summed E-state index contributed by atoms with van der Waals surface area (Å²) in [5.74, 6) is -0.0189. The number of aromatic nitrogens is 1. The molecule has 1 atom stereocenters. The second-order valence-corrected chi connectivity index (χ2v) is 7.65. The Morgan fingerprint density at radius 3 is 2.57 bits per heavy atom. The number of carbonyl (C=O) groups excluding carboxylic acids is 1. The van der Waals surface area contributed by atoms with Crippen LogP contribution in [0.25, 0.3) is 6.08 Å². The molecule has 0 radical (unpaired) electrons. The summed E-state index contributed by atoms with van der Waals surface area (Å²) in [6.45, 7) is 1.55. The molecule has 0 spiro atoms. The first kappa shape index (κ1) is 18.9. The summed E-state index contributed by atoms with van der Waals surface area (Å²) in [6, 6.07) is 19.3. The normalized spacial score (nSPS) is 16.8. The molecule has 0 aliphatic carbocycles. The van der Waals surface area contributed by atoms with Crippen LogP contribution in [-0.4, -0.2) is 21.9 Å². The largest absolute Gasteiger partial charge is 0.349 e. The van der Waals surface area contributed by atoms with Gasteiger partial charge >= 0.3 is 0 Å². The fourth-order valence-electron chi connectivity index (χ4n) is 3.68. The van der Waals surface area contributed by atoms with Gasteiger partial charge in [-0.2, -0.15) is 0 Å². The van der Waals surface area contributed by atoms with E-state index < -0.39 is 0 Å². The SMILES string of the molecule is O=C(/C=C/c1ccccc1)N1CCCn2cccc2C1c1ccc(Cl)c(Cl)c1. The van der Waals surface area contributed by atoms with E-state index in [4.69, 9.17) is 23.2 Å². The van der Waals surface area contributed by atoms with Crippen molar-refractivity contribution in [2.24, 2.45) is 0 Å². The maximum atomic E-state index is 13.2. The molecule has 4 rings (SSSR count). The van der Waals surface area contributed by atoms with Crippen molar-refractivity contribution in [3.05, 3.63) is 99.8 Å². The van der Waals surface area contributed by atoms with Gasteiger partial charge in [0, 0.05) is 31.1 Å². The maximum Gasteiger partial charge on any atom is 0.247 e. The van der Waals surface area contributed by atoms with Crippen LogP contribution >= 0.6 is 23.2 Å². The van der Waals surface area contributed by atoms with Crippen LogP contribution in [0.5, 0.6) is 0 Å². The van der Waals surface area contributed by atoms with Gasteiger partial charge in [0.05, 0.1) is 16.1 Å². The number of hydrogen-bond donors (Lipinski definition) is 0. The van der Waals surface area contributed by atoms with E-state index in [9.17, 15) is 4.79 Å². The molecule has 28 heavy (non-hydrogen) atoms. The molecule has 1 unspecified atom stereocenters. The Morgan fingerprint density at radius 2 is 1.79 bits per heavy atom. The molecule has 2 aromatic carbocycles. The van der Waals surface area contributed by atoms with Crippen molar-refractivity contribution in [2.75, 3.05) is 6.54 Å². The van der Waals surface area contributed by atoms with Crippen LogP contribution in [0.1, 0.15) is 29.3 Å². The van der Waals surface area contributed by atoms with E-state index in [0.717, 1.165) is 29.8 Å². The van der Waals surface area contributed by atoms with Gasteiger partial charge in [0.2, 0.25) is 5.91 Å². The summed E-state index contributed by atoms with van der Waals surface area (Å²) in [6.07, 6.45) is 6.47. The monoisotopic (exact) mass is 410 g/mol. The molecular weight excluding hydrogens is 391 g/mol. The average molecular weight is 411 g/mol. The van der Waals surface area contributed by atoms with Gasteiger partial charge in [-0.15, -0.1) is 0 Å². The van der Waals surface area contributed by atoms with E-state index in [0.29, 0.717) is 16.6 Å². The third kappa shape index (κ3) is 3.87. The predicted octanol–water partition coefficient (Wildman–Crippen LogP) is 5.83. The third-order valence-electron chi connectivity index (χ3n) is 5.01. The molecule has 0 bridgehead atoms. The lowest BCUT2D eigenvalue weighted by Gasteiger charge is -2.30. The Kier molecular flexibility index (Phi) is 5.56.